The molecule has 2 heterocycles. The Bertz CT molecular complexity index is 877. The van der Waals surface area contributed by atoms with Crippen molar-refractivity contribution in [2.45, 2.75) is 30.8 Å². The van der Waals surface area contributed by atoms with Crippen molar-refractivity contribution >= 4 is 34.7 Å². The molecule has 1 amide bonds. The number of benzene rings is 1. The van der Waals surface area contributed by atoms with Gasteiger partial charge in [-0.15, -0.1) is 21.5 Å². The van der Waals surface area contributed by atoms with Crippen LogP contribution in [0.1, 0.15) is 13.8 Å². The SMILES string of the molecule is CCn1c(SC(C)C(=O)Nc2ccccc2OC)nnc1-c1cccs1. The topological polar surface area (TPSA) is 69.0 Å². The zero-order valence-corrected chi connectivity index (χ0v) is 16.4. The van der Waals surface area contributed by atoms with E-state index in [1.165, 1.54) is 11.8 Å². The van der Waals surface area contributed by atoms with Crippen LogP contribution in [0.2, 0.25) is 0 Å². The molecule has 3 rings (SSSR count). The highest BCUT2D eigenvalue weighted by Crippen LogP contribution is 2.30. The number of nitrogens with zero attached hydrogens (tertiary/aromatic N) is 3. The Balaban J connectivity index is 1.73. The first kappa shape index (κ1) is 18.5. The van der Waals surface area contributed by atoms with E-state index in [1.54, 1.807) is 18.4 Å². The molecule has 0 radical (unpaired) electrons. The number of hydrogen-bond donors (Lipinski definition) is 1. The number of thioether (sulfide) groups is 1. The lowest BCUT2D eigenvalue weighted by Crippen LogP contribution is -2.23. The second-order valence-electron chi connectivity index (χ2n) is 5.48. The molecule has 26 heavy (non-hydrogen) atoms. The highest BCUT2D eigenvalue weighted by Gasteiger charge is 2.21. The summed E-state index contributed by atoms with van der Waals surface area (Å²) in [5, 5.41) is 13.9. The molecule has 1 N–H and O–H groups in total. The van der Waals surface area contributed by atoms with Crippen LogP contribution in [0.4, 0.5) is 5.69 Å². The minimum Gasteiger partial charge on any atom is -0.495 e. The molecule has 0 spiro atoms. The highest BCUT2D eigenvalue weighted by atomic mass is 32.2. The van der Waals surface area contributed by atoms with E-state index in [-0.39, 0.29) is 11.2 Å². The van der Waals surface area contributed by atoms with E-state index in [2.05, 4.69) is 15.5 Å². The zero-order valence-electron chi connectivity index (χ0n) is 14.8. The van der Waals surface area contributed by atoms with Crippen molar-refractivity contribution in [2.75, 3.05) is 12.4 Å². The third-order valence-electron chi connectivity index (χ3n) is 3.79. The normalized spacial score (nSPS) is 12.0. The average molecular weight is 389 g/mol. The summed E-state index contributed by atoms with van der Waals surface area (Å²) in [5.74, 6) is 1.36. The number of anilines is 1. The number of para-hydroxylation sites is 2. The number of rotatable bonds is 7. The summed E-state index contributed by atoms with van der Waals surface area (Å²) in [6.45, 7) is 4.64. The lowest BCUT2D eigenvalue weighted by Gasteiger charge is -2.14. The Morgan fingerprint density at radius 2 is 2.12 bits per heavy atom. The van der Waals surface area contributed by atoms with Crippen molar-refractivity contribution in [3.8, 4) is 16.5 Å². The number of nitrogens with one attached hydrogen (secondary N) is 1. The first-order chi connectivity index (χ1) is 12.6. The first-order valence-corrected chi connectivity index (χ1v) is 9.97. The van der Waals surface area contributed by atoms with Crippen molar-refractivity contribution in [1.29, 1.82) is 0 Å². The van der Waals surface area contributed by atoms with Gasteiger partial charge in [0.1, 0.15) is 5.75 Å². The van der Waals surface area contributed by atoms with Crippen LogP contribution < -0.4 is 10.1 Å². The third kappa shape index (κ3) is 3.91. The van der Waals surface area contributed by atoms with Gasteiger partial charge in [-0.05, 0) is 37.4 Å². The van der Waals surface area contributed by atoms with Crippen LogP contribution >= 0.6 is 23.1 Å². The third-order valence-corrected chi connectivity index (χ3v) is 5.74. The summed E-state index contributed by atoms with van der Waals surface area (Å²) in [4.78, 5) is 13.6. The fourth-order valence-corrected chi connectivity index (χ4v) is 4.07. The predicted octanol–water partition coefficient (Wildman–Crippen LogP) is 4.15. The van der Waals surface area contributed by atoms with Crippen molar-refractivity contribution in [1.82, 2.24) is 14.8 Å². The Kier molecular flexibility index (Phi) is 5.95. The van der Waals surface area contributed by atoms with Gasteiger partial charge in [-0.1, -0.05) is 30.0 Å². The van der Waals surface area contributed by atoms with E-state index >= 15 is 0 Å². The molecule has 1 atom stereocenters. The summed E-state index contributed by atoms with van der Waals surface area (Å²) < 4.78 is 7.31. The van der Waals surface area contributed by atoms with E-state index in [0.29, 0.717) is 11.4 Å². The smallest absolute Gasteiger partial charge is 0.237 e. The second-order valence-corrected chi connectivity index (χ2v) is 7.73. The molecule has 0 bridgehead atoms. The Morgan fingerprint density at radius 3 is 2.81 bits per heavy atom. The maximum absolute atomic E-state index is 12.6. The van der Waals surface area contributed by atoms with Gasteiger partial charge in [0.2, 0.25) is 5.91 Å². The van der Waals surface area contributed by atoms with Gasteiger partial charge in [0.15, 0.2) is 11.0 Å². The molecule has 136 valence electrons. The van der Waals surface area contributed by atoms with Gasteiger partial charge in [0.05, 0.1) is 22.9 Å². The molecule has 0 aliphatic rings. The number of amides is 1. The van der Waals surface area contributed by atoms with Crippen molar-refractivity contribution in [3.63, 3.8) is 0 Å². The molecule has 6 nitrogen and oxygen atoms in total. The van der Waals surface area contributed by atoms with Crippen molar-refractivity contribution < 1.29 is 9.53 Å². The molecular weight excluding hydrogens is 368 g/mol. The maximum atomic E-state index is 12.6. The van der Waals surface area contributed by atoms with Gasteiger partial charge in [-0.2, -0.15) is 0 Å². The molecule has 0 aliphatic heterocycles. The van der Waals surface area contributed by atoms with E-state index < -0.39 is 0 Å². The Morgan fingerprint density at radius 1 is 1.31 bits per heavy atom. The van der Waals surface area contributed by atoms with Crippen LogP contribution in [0.25, 0.3) is 10.7 Å². The van der Waals surface area contributed by atoms with Crippen LogP contribution in [0.3, 0.4) is 0 Å². The molecule has 8 heteroatoms. The van der Waals surface area contributed by atoms with Gasteiger partial charge < -0.3 is 14.6 Å². The molecule has 0 fully saturated rings. The second kappa shape index (κ2) is 8.37. The van der Waals surface area contributed by atoms with E-state index in [1.807, 2.05) is 60.2 Å². The molecule has 2 aromatic heterocycles. The quantitative estimate of drug-likeness (QED) is 0.616. The molecule has 1 aromatic carbocycles. The lowest BCUT2D eigenvalue weighted by molar-refractivity contribution is -0.115. The van der Waals surface area contributed by atoms with E-state index in [4.69, 9.17) is 4.74 Å². The fourth-order valence-electron chi connectivity index (χ4n) is 2.44. The number of thiophene rings is 1. The minimum atomic E-state index is -0.328. The van der Waals surface area contributed by atoms with Gasteiger partial charge in [0.25, 0.3) is 0 Å². The first-order valence-electron chi connectivity index (χ1n) is 8.21. The van der Waals surface area contributed by atoms with Gasteiger partial charge >= 0.3 is 0 Å². The number of hydrogen-bond acceptors (Lipinski definition) is 6. The standard InChI is InChI=1S/C18H20N4O2S2/c1-4-22-16(15-10-7-11-25-15)20-21-18(22)26-12(2)17(23)19-13-8-5-6-9-14(13)24-3/h5-12H,4H2,1-3H3,(H,19,23). The maximum Gasteiger partial charge on any atom is 0.237 e. The molecular formula is C18H20N4O2S2. The van der Waals surface area contributed by atoms with Gasteiger partial charge in [0, 0.05) is 6.54 Å². The summed E-state index contributed by atoms with van der Waals surface area (Å²) in [7, 11) is 1.58. The number of carbonyl (C=O) groups is 1. The van der Waals surface area contributed by atoms with E-state index in [0.717, 1.165) is 22.4 Å². The van der Waals surface area contributed by atoms with E-state index in [9.17, 15) is 4.79 Å². The Hall–Kier alpha value is -2.32. The van der Waals surface area contributed by atoms with Crippen molar-refractivity contribution in [3.05, 3.63) is 41.8 Å². The lowest BCUT2D eigenvalue weighted by atomic mass is 10.3. The monoisotopic (exact) mass is 388 g/mol. The summed E-state index contributed by atoms with van der Waals surface area (Å²) >= 11 is 3.02. The highest BCUT2D eigenvalue weighted by molar-refractivity contribution is 8.00. The number of ether oxygens (including phenoxy) is 1. The van der Waals surface area contributed by atoms with Crippen LogP contribution in [-0.4, -0.2) is 33.0 Å². The van der Waals surface area contributed by atoms with Gasteiger partial charge in [-0.3, -0.25) is 4.79 Å². The van der Waals surface area contributed by atoms with Crippen LogP contribution in [-0.2, 0) is 11.3 Å². The number of carbonyl (C=O) groups excluding carboxylic acids is 1. The molecule has 0 aliphatic carbocycles. The summed E-state index contributed by atoms with van der Waals surface area (Å²) in [6, 6.07) is 11.4. The van der Waals surface area contributed by atoms with Crippen LogP contribution in [0.5, 0.6) is 5.75 Å². The summed E-state index contributed by atoms with van der Waals surface area (Å²) in [5.41, 5.74) is 0.656. The number of aromatic nitrogens is 3. The molecule has 3 aromatic rings. The number of methoxy groups -OCH3 is 1. The summed E-state index contributed by atoms with van der Waals surface area (Å²) in [6.07, 6.45) is 0. The largest absolute Gasteiger partial charge is 0.495 e. The van der Waals surface area contributed by atoms with Crippen LogP contribution in [0.15, 0.2) is 46.9 Å². The fraction of sp³-hybridized carbons (Fsp3) is 0.278. The zero-order chi connectivity index (χ0) is 18.5. The predicted molar refractivity (Wildman–Crippen MR) is 106 cm³/mol. The van der Waals surface area contributed by atoms with Crippen molar-refractivity contribution in [2.24, 2.45) is 0 Å². The minimum absolute atomic E-state index is 0.108. The molecule has 0 saturated carbocycles. The molecule has 1 unspecified atom stereocenters. The molecule has 0 saturated heterocycles. The van der Waals surface area contributed by atoms with Crippen LogP contribution in [0, 0.1) is 0 Å². The Labute approximate surface area is 160 Å². The average Bonchev–Trinajstić information content (AvgIpc) is 3.31. The van der Waals surface area contributed by atoms with Gasteiger partial charge in [-0.25, -0.2) is 0 Å².